The Balaban J connectivity index is 1.08. The van der Waals surface area contributed by atoms with Gasteiger partial charge in [0.2, 0.25) is 5.88 Å². The van der Waals surface area contributed by atoms with Crippen LogP contribution in [0.3, 0.4) is 0 Å². The number of amides is 1. The highest BCUT2D eigenvalue weighted by molar-refractivity contribution is 7.22. The summed E-state index contributed by atoms with van der Waals surface area (Å²) < 4.78 is 8.96. The number of nitrogens with two attached hydrogens (primary N) is 1. The Morgan fingerprint density at radius 3 is 2.85 bits per heavy atom. The molecule has 2 aliphatic carbocycles. The number of hydrogen-bond donors (Lipinski definition) is 2. The topological polar surface area (TPSA) is 108 Å². The molecular formula is C24H24N6O2S. The van der Waals surface area contributed by atoms with Gasteiger partial charge in [-0.25, -0.2) is 9.97 Å². The Bertz CT molecular complexity index is 1350. The minimum Gasteiger partial charge on any atom is -0.474 e. The fourth-order valence-corrected chi connectivity index (χ4v) is 6.19. The molecule has 0 unspecified atom stereocenters. The monoisotopic (exact) mass is 460 g/mol. The highest BCUT2D eigenvalue weighted by Gasteiger charge is 2.54. The van der Waals surface area contributed by atoms with E-state index in [0.717, 1.165) is 47.5 Å². The van der Waals surface area contributed by atoms with Gasteiger partial charge in [-0.3, -0.25) is 9.48 Å². The van der Waals surface area contributed by atoms with Gasteiger partial charge in [-0.1, -0.05) is 23.5 Å². The molecule has 2 saturated carbocycles. The number of carbonyl (C=O) groups is 1. The van der Waals surface area contributed by atoms with Gasteiger partial charge in [0.25, 0.3) is 5.91 Å². The van der Waals surface area contributed by atoms with Crippen molar-refractivity contribution >= 4 is 32.6 Å². The van der Waals surface area contributed by atoms with Crippen LogP contribution in [0.1, 0.15) is 36.0 Å². The molecule has 0 radical (unpaired) electrons. The largest absolute Gasteiger partial charge is 0.474 e. The lowest BCUT2D eigenvalue weighted by atomic mass is 9.53. The van der Waals surface area contributed by atoms with E-state index in [1.807, 2.05) is 24.1 Å². The molecule has 4 aromatic rings. The van der Waals surface area contributed by atoms with E-state index in [2.05, 4.69) is 33.6 Å². The van der Waals surface area contributed by atoms with E-state index >= 15 is 0 Å². The van der Waals surface area contributed by atoms with E-state index < -0.39 is 5.91 Å². The van der Waals surface area contributed by atoms with E-state index in [9.17, 15) is 4.79 Å². The van der Waals surface area contributed by atoms with Crippen LogP contribution in [0.15, 0.2) is 48.9 Å². The van der Waals surface area contributed by atoms with E-state index in [-0.39, 0.29) is 6.10 Å². The first-order valence-electron chi connectivity index (χ1n) is 11.0. The molecule has 0 atom stereocenters. The molecule has 0 bridgehead atoms. The minimum absolute atomic E-state index is 0.0865. The Kier molecular flexibility index (Phi) is 4.62. The first kappa shape index (κ1) is 20.2. The van der Waals surface area contributed by atoms with Crippen molar-refractivity contribution in [3.05, 3.63) is 54.5 Å². The summed E-state index contributed by atoms with van der Waals surface area (Å²) >= 11 is 1.70. The predicted octanol–water partition coefficient (Wildman–Crippen LogP) is 3.99. The Morgan fingerprint density at radius 2 is 2.09 bits per heavy atom. The van der Waals surface area contributed by atoms with Gasteiger partial charge in [-0.15, -0.1) is 0 Å². The lowest BCUT2D eigenvalue weighted by Crippen LogP contribution is -2.56. The van der Waals surface area contributed by atoms with Crippen LogP contribution in [-0.2, 0) is 7.05 Å². The summed E-state index contributed by atoms with van der Waals surface area (Å²) in [5.41, 5.74) is 9.30. The van der Waals surface area contributed by atoms with Gasteiger partial charge in [-0.05, 0) is 49.3 Å². The number of carbonyl (C=O) groups excluding carboxylic acids is 1. The van der Waals surface area contributed by atoms with Crippen molar-refractivity contribution in [1.29, 1.82) is 0 Å². The summed E-state index contributed by atoms with van der Waals surface area (Å²) in [7, 11) is 1.92. The number of primary amides is 1. The Morgan fingerprint density at radius 1 is 1.24 bits per heavy atom. The molecule has 2 fully saturated rings. The number of nitrogens with zero attached hydrogens (tertiary/aromatic N) is 4. The quantitative estimate of drug-likeness (QED) is 0.450. The molecule has 6 rings (SSSR count). The van der Waals surface area contributed by atoms with E-state index in [1.54, 1.807) is 29.7 Å². The Labute approximate surface area is 194 Å². The maximum Gasteiger partial charge on any atom is 0.254 e. The molecule has 3 N–H and O–H groups in total. The summed E-state index contributed by atoms with van der Waals surface area (Å²) in [6.07, 6.45) is 9.76. The molecule has 8 nitrogen and oxygen atoms in total. The molecule has 0 saturated heterocycles. The number of hydrogen-bond acceptors (Lipinski definition) is 7. The minimum atomic E-state index is -0.512. The molecule has 3 heterocycles. The predicted molar refractivity (Wildman–Crippen MR) is 127 cm³/mol. The lowest BCUT2D eigenvalue weighted by molar-refractivity contribution is -0.0759. The van der Waals surface area contributed by atoms with Crippen LogP contribution in [0.2, 0.25) is 0 Å². The van der Waals surface area contributed by atoms with Crippen molar-refractivity contribution in [1.82, 2.24) is 19.7 Å². The van der Waals surface area contributed by atoms with Gasteiger partial charge in [0.05, 0.1) is 16.4 Å². The van der Waals surface area contributed by atoms with Crippen LogP contribution in [0, 0.1) is 5.41 Å². The average molecular weight is 461 g/mol. The summed E-state index contributed by atoms with van der Waals surface area (Å²) in [5.74, 6) is -0.166. The number of anilines is 1. The standard InChI is InChI=1S/C24H24N6O2S/c1-30-13-14(12-27-30)17-4-2-6-19-20(17)29-23(33-19)28-15-8-24(9-15)10-16(11-24)32-22-18(21(25)31)5-3-7-26-22/h2-7,12-13,15-16H,8-11H2,1H3,(H2,25,31)(H,28,29). The number of thiazole rings is 1. The van der Waals surface area contributed by atoms with Crippen LogP contribution in [0.4, 0.5) is 5.13 Å². The zero-order valence-electron chi connectivity index (χ0n) is 18.2. The fourth-order valence-electron chi connectivity index (χ4n) is 5.22. The maximum absolute atomic E-state index is 11.6. The molecule has 3 aromatic heterocycles. The number of pyridine rings is 1. The third-order valence-corrected chi connectivity index (χ3v) is 7.71. The molecular weight excluding hydrogens is 436 g/mol. The number of aryl methyl sites for hydroxylation is 1. The van der Waals surface area contributed by atoms with Crippen molar-refractivity contribution in [3.8, 4) is 17.0 Å². The zero-order valence-corrected chi connectivity index (χ0v) is 19.0. The van der Waals surface area contributed by atoms with Gasteiger partial charge in [0.15, 0.2) is 5.13 Å². The van der Waals surface area contributed by atoms with E-state index in [4.69, 9.17) is 15.5 Å². The van der Waals surface area contributed by atoms with Crippen LogP contribution in [0.25, 0.3) is 21.3 Å². The van der Waals surface area contributed by atoms with Gasteiger partial charge >= 0.3 is 0 Å². The van der Waals surface area contributed by atoms with Gasteiger partial charge in [-0.2, -0.15) is 5.10 Å². The maximum atomic E-state index is 11.6. The highest BCUT2D eigenvalue weighted by atomic mass is 32.1. The van der Waals surface area contributed by atoms with Gasteiger partial charge in [0, 0.05) is 36.6 Å². The van der Waals surface area contributed by atoms with Crippen molar-refractivity contribution in [2.75, 3.05) is 5.32 Å². The van der Waals surface area contributed by atoms with Crippen LogP contribution >= 0.6 is 11.3 Å². The van der Waals surface area contributed by atoms with Gasteiger partial charge in [0.1, 0.15) is 11.7 Å². The lowest BCUT2D eigenvalue weighted by Gasteiger charge is -2.57. The van der Waals surface area contributed by atoms with Crippen molar-refractivity contribution < 1.29 is 9.53 Å². The summed E-state index contributed by atoms with van der Waals surface area (Å²) in [6, 6.07) is 10.1. The number of rotatable bonds is 6. The summed E-state index contributed by atoms with van der Waals surface area (Å²) in [5, 5.41) is 8.90. The average Bonchev–Trinajstić information content (AvgIpc) is 3.36. The second-order valence-corrected chi connectivity index (χ2v) is 10.2. The highest BCUT2D eigenvalue weighted by Crippen LogP contribution is 2.57. The molecule has 1 spiro atoms. The number of para-hydroxylation sites is 1. The Hall–Kier alpha value is -3.46. The smallest absolute Gasteiger partial charge is 0.254 e. The fraction of sp³-hybridized carbons (Fsp3) is 0.333. The van der Waals surface area contributed by atoms with Crippen molar-refractivity contribution in [2.24, 2.45) is 18.2 Å². The normalized spacial score (nSPS) is 23.8. The van der Waals surface area contributed by atoms with Crippen LogP contribution in [-0.4, -0.2) is 37.8 Å². The zero-order chi connectivity index (χ0) is 22.6. The third kappa shape index (κ3) is 3.62. The van der Waals surface area contributed by atoms with Crippen molar-refractivity contribution in [2.45, 2.75) is 37.8 Å². The van der Waals surface area contributed by atoms with Crippen LogP contribution < -0.4 is 15.8 Å². The first-order valence-corrected chi connectivity index (χ1v) is 11.9. The van der Waals surface area contributed by atoms with Crippen LogP contribution in [0.5, 0.6) is 5.88 Å². The number of aromatic nitrogens is 4. The number of benzene rings is 1. The molecule has 1 aromatic carbocycles. The molecule has 9 heteroatoms. The van der Waals surface area contributed by atoms with E-state index in [1.165, 1.54) is 4.70 Å². The molecule has 33 heavy (non-hydrogen) atoms. The van der Waals surface area contributed by atoms with Crippen molar-refractivity contribution in [3.63, 3.8) is 0 Å². The van der Waals surface area contributed by atoms with E-state index in [0.29, 0.717) is 22.9 Å². The molecule has 168 valence electrons. The molecule has 2 aliphatic rings. The molecule has 0 aliphatic heterocycles. The first-order chi connectivity index (χ1) is 16.0. The summed E-state index contributed by atoms with van der Waals surface area (Å²) in [4.78, 5) is 20.7. The SMILES string of the molecule is Cn1cc(-c2cccc3sc(NC4CC5(C4)CC(Oc4ncccc4C(N)=O)C5)nc23)cn1. The number of ether oxygens (including phenoxy) is 1. The number of fused-ring (bicyclic) bond motifs is 1. The number of nitrogens with one attached hydrogen (secondary N) is 1. The third-order valence-electron chi connectivity index (χ3n) is 6.76. The second kappa shape index (κ2) is 7.55. The molecule has 1 amide bonds. The van der Waals surface area contributed by atoms with Gasteiger partial charge < -0.3 is 15.8 Å². The second-order valence-electron chi connectivity index (χ2n) is 9.19. The summed E-state index contributed by atoms with van der Waals surface area (Å²) in [6.45, 7) is 0.